The molecule has 0 bridgehead atoms. The summed E-state index contributed by atoms with van der Waals surface area (Å²) in [6, 6.07) is 5.23. The van der Waals surface area contributed by atoms with Gasteiger partial charge in [-0.2, -0.15) is 4.37 Å². The molecule has 3 aromatic rings. The molecule has 0 saturated heterocycles. The highest BCUT2D eigenvalue weighted by atomic mass is 35.5. The Labute approximate surface area is 118 Å². The number of aromatic amines is 1. The van der Waals surface area contributed by atoms with Gasteiger partial charge in [0, 0.05) is 17.0 Å². The lowest BCUT2D eigenvalue weighted by Crippen LogP contribution is -2.12. The van der Waals surface area contributed by atoms with E-state index in [4.69, 9.17) is 11.6 Å². The van der Waals surface area contributed by atoms with Gasteiger partial charge in [-0.15, -0.1) is 0 Å². The van der Waals surface area contributed by atoms with Gasteiger partial charge in [-0.1, -0.05) is 23.7 Å². The molecule has 0 radical (unpaired) electrons. The van der Waals surface area contributed by atoms with Crippen LogP contribution in [0.3, 0.4) is 0 Å². The van der Waals surface area contributed by atoms with E-state index >= 15 is 0 Å². The van der Waals surface area contributed by atoms with E-state index in [0.29, 0.717) is 16.2 Å². The van der Waals surface area contributed by atoms with Crippen molar-refractivity contribution in [3.8, 4) is 0 Å². The SMILES string of the molecule is O=S(=O)(Nc1cccc2c(Cl)c[nH]c12)c1cnsc1. The van der Waals surface area contributed by atoms with Crippen LogP contribution in [-0.2, 0) is 10.0 Å². The molecule has 0 spiro atoms. The van der Waals surface area contributed by atoms with Crippen LogP contribution >= 0.6 is 23.1 Å². The standard InChI is InChI=1S/C11H8ClN3O2S2/c12-9-5-13-11-8(9)2-1-3-10(11)15-19(16,17)7-4-14-18-6-7/h1-6,13,15H. The van der Waals surface area contributed by atoms with Gasteiger partial charge in [0.1, 0.15) is 4.90 Å². The molecule has 2 heterocycles. The molecule has 1 aromatic carbocycles. The van der Waals surface area contributed by atoms with Crippen molar-refractivity contribution in [2.75, 3.05) is 4.72 Å². The fourth-order valence-corrected chi connectivity index (χ4v) is 3.82. The van der Waals surface area contributed by atoms with E-state index in [1.807, 2.05) is 6.07 Å². The average molecular weight is 314 g/mol. The molecule has 0 aliphatic rings. The molecule has 3 rings (SSSR count). The van der Waals surface area contributed by atoms with Crippen LogP contribution in [0.4, 0.5) is 5.69 Å². The number of nitrogens with zero attached hydrogens (tertiary/aromatic N) is 1. The van der Waals surface area contributed by atoms with Crippen LogP contribution in [0.2, 0.25) is 5.02 Å². The van der Waals surface area contributed by atoms with Gasteiger partial charge in [0.25, 0.3) is 10.0 Å². The van der Waals surface area contributed by atoms with E-state index in [1.54, 1.807) is 18.3 Å². The number of sulfonamides is 1. The Morgan fingerprint density at radius 3 is 2.95 bits per heavy atom. The van der Waals surface area contributed by atoms with Crippen molar-refractivity contribution < 1.29 is 8.42 Å². The predicted molar refractivity (Wildman–Crippen MR) is 76.2 cm³/mol. The van der Waals surface area contributed by atoms with Crippen LogP contribution in [0.15, 0.2) is 40.9 Å². The highest BCUT2D eigenvalue weighted by Gasteiger charge is 2.17. The fourth-order valence-electron chi connectivity index (χ4n) is 1.74. The number of aromatic nitrogens is 2. The molecule has 0 aliphatic carbocycles. The zero-order valence-electron chi connectivity index (χ0n) is 9.42. The molecule has 19 heavy (non-hydrogen) atoms. The molecular weight excluding hydrogens is 306 g/mol. The maximum absolute atomic E-state index is 12.1. The fraction of sp³-hybridized carbons (Fsp3) is 0. The van der Waals surface area contributed by atoms with Crippen molar-refractivity contribution in [2.45, 2.75) is 4.90 Å². The molecule has 98 valence electrons. The zero-order chi connectivity index (χ0) is 13.5. The highest BCUT2D eigenvalue weighted by molar-refractivity contribution is 7.92. The van der Waals surface area contributed by atoms with Gasteiger partial charge >= 0.3 is 0 Å². The largest absolute Gasteiger partial charge is 0.358 e. The van der Waals surface area contributed by atoms with Crippen LogP contribution in [0.1, 0.15) is 0 Å². The van der Waals surface area contributed by atoms with Crippen LogP contribution in [0.25, 0.3) is 10.9 Å². The Hall–Kier alpha value is -1.57. The quantitative estimate of drug-likeness (QED) is 0.780. The van der Waals surface area contributed by atoms with E-state index in [9.17, 15) is 8.42 Å². The number of hydrogen-bond donors (Lipinski definition) is 2. The van der Waals surface area contributed by atoms with Gasteiger partial charge < -0.3 is 4.98 Å². The Balaban J connectivity index is 2.07. The number of para-hydroxylation sites is 1. The van der Waals surface area contributed by atoms with Crippen molar-refractivity contribution in [3.05, 3.63) is 41.0 Å². The van der Waals surface area contributed by atoms with Crippen LogP contribution in [-0.4, -0.2) is 17.8 Å². The van der Waals surface area contributed by atoms with Gasteiger partial charge in [0.15, 0.2) is 0 Å². The molecule has 0 aliphatic heterocycles. The first kappa shape index (κ1) is 12.5. The number of H-pyrrole nitrogens is 1. The summed E-state index contributed by atoms with van der Waals surface area (Å²) in [6.45, 7) is 0. The second-order valence-electron chi connectivity index (χ2n) is 3.83. The summed E-state index contributed by atoms with van der Waals surface area (Å²) in [5, 5.41) is 2.79. The summed E-state index contributed by atoms with van der Waals surface area (Å²) >= 11 is 7.09. The summed E-state index contributed by atoms with van der Waals surface area (Å²) in [5.41, 5.74) is 1.11. The first-order chi connectivity index (χ1) is 9.08. The third-order valence-electron chi connectivity index (χ3n) is 2.63. The maximum atomic E-state index is 12.1. The zero-order valence-corrected chi connectivity index (χ0v) is 11.8. The summed E-state index contributed by atoms with van der Waals surface area (Å²) in [5.74, 6) is 0. The molecule has 0 amide bonds. The summed E-state index contributed by atoms with van der Waals surface area (Å²) in [6.07, 6.45) is 2.94. The van der Waals surface area contributed by atoms with Crippen LogP contribution in [0, 0.1) is 0 Å². The van der Waals surface area contributed by atoms with Crippen LogP contribution < -0.4 is 4.72 Å². The van der Waals surface area contributed by atoms with E-state index in [2.05, 4.69) is 14.1 Å². The predicted octanol–water partition coefficient (Wildman–Crippen LogP) is 3.08. The molecular formula is C11H8ClN3O2S2. The second-order valence-corrected chi connectivity index (χ2v) is 6.58. The number of benzene rings is 1. The summed E-state index contributed by atoms with van der Waals surface area (Å²) in [7, 11) is -3.62. The van der Waals surface area contributed by atoms with Crippen molar-refractivity contribution >= 4 is 49.7 Å². The number of hydrogen-bond acceptors (Lipinski definition) is 4. The molecule has 8 heteroatoms. The Morgan fingerprint density at radius 1 is 1.37 bits per heavy atom. The number of fused-ring (bicyclic) bond motifs is 1. The highest BCUT2D eigenvalue weighted by Crippen LogP contribution is 2.29. The summed E-state index contributed by atoms with van der Waals surface area (Å²) in [4.78, 5) is 3.10. The van der Waals surface area contributed by atoms with Crippen molar-refractivity contribution in [2.24, 2.45) is 0 Å². The molecule has 0 atom stereocenters. The maximum Gasteiger partial charge on any atom is 0.264 e. The molecule has 0 saturated carbocycles. The molecule has 2 N–H and O–H groups in total. The van der Waals surface area contributed by atoms with Gasteiger partial charge in [0.05, 0.1) is 22.4 Å². The van der Waals surface area contributed by atoms with Gasteiger partial charge in [-0.3, -0.25) is 4.72 Å². The first-order valence-corrected chi connectivity index (χ1v) is 7.95. The molecule has 5 nitrogen and oxygen atoms in total. The van der Waals surface area contributed by atoms with E-state index in [1.165, 1.54) is 11.6 Å². The normalized spacial score (nSPS) is 11.8. The number of nitrogens with one attached hydrogen (secondary N) is 2. The average Bonchev–Trinajstić information content (AvgIpc) is 3.00. The minimum absolute atomic E-state index is 0.146. The lowest BCUT2D eigenvalue weighted by atomic mass is 10.2. The van der Waals surface area contributed by atoms with Gasteiger partial charge in [-0.25, -0.2) is 8.42 Å². The van der Waals surface area contributed by atoms with Crippen molar-refractivity contribution in [3.63, 3.8) is 0 Å². The number of rotatable bonds is 3. The summed E-state index contributed by atoms with van der Waals surface area (Å²) < 4.78 is 30.6. The second kappa shape index (κ2) is 4.52. The monoisotopic (exact) mass is 313 g/mol. The lowest BCUT2D eigenvalue weighted by molar-refractivity contribution is 0.601. The lowest BCUT2D eigenvalue weighted by Gasteiger charge is -2.07. The Bertz CT molecular complexity index is 825. The Kier molecular flexibility index (Phi) is 2.96. The molecule has 0 fully saturated rings. The molecule has 0 unspecified atom stereocenters. The minimum atomic E-state index is -3.62. The van der Waals surface area contributed by atoms with Gasteiger partial charge in [0.2, 0.25) is 0 Å². The van der Waals surface area contributed by atoms with E-state index in [0.717, 1.165) is 16.9 Å². The molecule has 2 aromatic heterocycles. The third-order valence-corrected chi connectivity index (χ3v) is 5.01. The van der Waals surface area contributed by atoms with E-state index < -0.39 is 10.0 Å². The number of halogens is 1. The van der Waals surface area contributed by atoms with Crippen LogP contribution in [0.5, 0.6) is 0 Å². The first-order valence-electron chi connectivity index (χ1n) is 5.26. The Morgan fingerprint density at radius 2 is 2.21 bits per heavy atom. The smallest absolute Gasteiger partial charge is 0.264 e. The van der Waals surface area contributed by atoms with Crippen molar-refractivity contribution in [1.29, 1.82) is 0 Å². The van der Waals surface area contributed by atoms with E-state index in [-0.39, 0.29) is 4.90 Å². The van der Waals surface area contributed by atoms with Gasteiger partial charge in [-0.05, 0) is 17.6 Å². The third kappa shape index (κ3) is 2.20. The topological polar surface area (TPSA) is 74.8 Å². The number of anilines is 1. The van der Waals surface area contributed by atoms with Crippen molar-refractivity contribution in [1.82, 2.24) is 9.36 Å². The minimum Gasteiger partial charge on any atom is -0.358 e.